The van der Waals surface area contributed by atoms with Crippen molar-refractivity contribution < 1.29 is 0 Å². The van der Waals surface area contributed by atoms with Crippen LogP contribution in [0.25, 0.3) is 0 Å². The van der Waals surface area contributed by atoms with Crippen molar-refractivity contribution in [2.75, 3.05) is 32.7 Å². The van der Waals surface area contributed by atoms with Crippen molar-refractivity contribution in [2.45, 2.75) is 46.0 Å². The Morgan fingerprint density at radius 1 is 1.25 bits per heavy atom. The molecule has 0 aliphatic carbocycles. The number of hydrogen-bond donors (Lipinski definition) is 1. The van der Waals surface area contributed by atoms with E-state index >= 15 is 0 Å². The van der Waals surface area contributed by atoms with E-state index in [9.17, 15) is 0 Å². The maximum absolute atomic E-state index is 3.47. The average Bonchev–Trinajstić information content (AvgIpc) is 2.68. The van der Waals surface area contributed by atoms with E-state index in [4.69, 9.17) is 0 Å². The van der Waals surface area contributed by atoms with Gasteiger partial charge in [-0.15, -0.1) is 0 Å². The number of hydrogen-bond acceptors (Lipinski definition) is 2. The minimum Gasteiger partial charge on any atom is -0.316 e. The van der Waals surface area contributed by atoms with E-state index in [1.165, 1.54) is 64.8 Å². The molecule has 0 bridgehead atoms. The summed E-state index contributed by atoms with van der Waals surface area (Å²) in [6.07, 6.45) is 7.01. The Labute approximate surface area is 101 Å². The average molecular weight is 224 g/mol. The van der Waals surface area contributed by atoms with Gasteiger partial charge in [0, 0.05) is 0 Å². The van der Waals surface area contributed by atoms with E-state index in [1.807, 2.05) is 0 Å². The van der Waals surface area contributed by atoms with Gasteiger partial charge >= 0.3 is 0 Å². The molecular formula is C14H28N2. The zero-order valence-electron chi connectivity index (χ0n) is 11.1. The molecule has 0 radical (unpaired) electrons. The fourth-order valence-corrected chi connectivity index (χ4v) is 3.03. The lowest BCUT2D eigenvalue weighted by Gasteiger charge is -2.24. The molecule has 0 aromatic carbocycles. The highest BCUT2D eigenvalue weighted by molar-refractivity contribution is 4.78. The van der Waals surface area contributed by atoms with Crippen molar-refractivity contribution in [2.24, 2.45) is 11.3 Å². The highest BCUT2D eigenvalue weighted by atomic mass is 15.1. The molecule has 2 fully saturated rings. The number of nitrogens with zero attached hydrogens (tertiary/aromatic N) is 1. The van der Waals surface area contributed by atoms with Crippen molar-refractivity contribution in [3.63, 3.8) is 0 Å². The van der Waals surface area contributed by atoms with Gasteiger partial charge in [-0.05, 0) is 76.2 Å². The largest absolute Gasteiger partial charge is 0.316 e. The smallest absolute Gasteiger partial charge is 0.00136 e. The van der Waals surface area contributed by atoms with Crippen molar-refractivity contribution in [1.29, 1.82) is 0 Å². The Balaban J connectivity index is 1.69. The lowest BCUT2D eigenvalue weighted by atomic mass is 9.85. The molecule has 0 spiro atoms. The van der Waals surface area contributed by atoms with E-state index in [0.29, 0.717) is 5.41 Å². The van der Waals surface area contributed by atoms with E-state index in [1.54, 1.807) is 0 Å². The first-order chi connectivity index (χ1) is 7.66. The maximum atomic E-state index is 3.47. The number of rotatable bonds is 3. The molecule has 16 heavy (non-hydrogen) atoms. The lowest BCUT2D eigenvalue weighted by Crippen LogP contribution is -2.28. The standard InChI is InChI=1S/C14H28N2/c1-14(2)6-3-9-16(11-7-14)10-5-13-4-8-15-12-13/h13,15H,3-12H2,1-2H3. The Bertz CT molecular complexity index is 207. The Morgan fingerprint density at radius 3 is 2.88 bits per heavy atom. The fraction of sp³-hybridized carbons (Fsp3) is 1.00. The Kier molecular flexibility index (Phi) is 4.26. The van der Waals surface area contributed by atoms with Crippen molar-refractivity contribution >= 4 is 0 Å². The maximum Gasteiger partial charge on any atom is -0.00136 e. The lowest BCUT2D eigenvalue weighted by molar-refractivity contribution is 0.247. The van der Waals surface area contributed by atoms with E-state index in [-0.39, 0.29) is 0 Å². The predicted molar refractivity (Wildman–Crippen MR) is 69.7 cm³/mol. The monoisotopic (exact) mass is 224 g/mol. The minimum absolute atomic E-state index is 0.587. The second kappa shape index (κ2) is 5.50. The third-order valence-corrected chi connectivity index (χ3v) is 4.45. The van der Waals surface area contributed by atoms with Crippen molar-refractivity contribution in [3.8, 4) is 0 Å². The minimum atomic E-state index is 0.587. The van der Waals surface area contributed by atoms with Crippen molar-refractivity contribution in [3.05, 3.63) is 0 Å². The summed E-state index contributed by atoms with van der Waals surface area (Å²) in [5.41, 5.74) is 0.587. The summed E-state index contributed by atoms with van der Waals surface area (Å²) >= 11 is 0. The van der Waals surface area contributed by atoms with Crippen LogP contribution in [0.3, 0.4) is 0 Å². The molecule has 0 amide bonds. The topological polar surface area (TPSA) is 15.3 Å². The molecule has 2 nitrogen and oxygen atoms in total. The van der Waals surface area contributed by atoms with E-state index in [0.717, 1.165) is 5.92 Å². The third kappa shape index (κ3) is 3.74. The summed E-state index contributed by atoms with van der Waals surface area (Å²) in [7, 11) is 0. The summed E-state index contributed by atoms with van der Waals surface area (Å²) in [4.78, 5) is 2.70. The van der Waals surface area contributed by atoms with Crippen LogP contribution in [0.5, 0.6) is 0 Å². The first-order valence-electron chi connectivity index (χ1n) is 7.09. The second-order valence-electron chi connectivity index (χ2n) is 6.51. The van der Waals surface area contributed by atoms with Crippen LogP contribution in [0.4, 0.5) is 0 Å². The van der Waals surface area contributed by atoms with Gasteiger partial charge in [-0.25, -0.2) is 0 Å². The molecule has 1 unspecified atom stereocenters. The molecule has 2 rings (SSSR count). The van der Waals surface area contributed by atoms with Gasteiger partial charge in [0.2, 0.25) is 0 Å². The zero-order valence-corrected chi connectivity index (χ0v) is 11.1. The molecular weight excluding hydrogens is 196 g/mol. The summed E-state index contributed by atoms with van der Waals surface area (Å²) in [5.74, 6) is 0.955. The van der Waals surface area contributed by atoms with E-state index < -0.39 is 0 Å². The summed E-state index contributed by atoms with van der Waals surface area (Å²) in [6, 6.07) is 0. The van der Waals surface area contributed by atoms with Crippen LogP contribution in [0.15, 0.2) is 0 Å². The summed E-state index contributed by atoms with van der Waals surface area (Å²) < 4.78 is 0. The van der Waals surface area contributed by atoms with Crippen molar-refractivity contribution in [1.82, 2.24) is 10.2 Å². The van der Waals surface area contributed by atoms with Gasteiger partial charge in [0.25, 0.3) is 0 Å². The second-order valence-corrected chi connectivity index (χ2v) is 6.51. The van der Waals surface area contributed by atoms with E-state index in [2.05, 4.69) is 24.1 Å². The molecule has 0 aromatic rings. The van der Waals surface area contributed by atoms with Gasteiger partial charge < -0.3 is 10.2 Å². The SMILES string of the molecule is CC1(C)CCCN(CCC2CCNC2)CC1. The van der Waals surface area contributed by atoms with Crippen LogP contribution in [-0.2, 0) is 0 Å². The molecule has 1 N–H and O–H groups in total. The molecule has 2 heteroatoms. The molecule has 2 heterocycles. The van der Waals surface area contributed by atoms with Crippen LogP contribution >= 0.6 is 0 Å². The predicted octanol–water partition coefficient (Wildman–Crippen LogP) is 2.50. The quantitative estimate of drug-likeness (QED) is 0.792. The Morgan fingerprint density at radius 2 is 2.12 bits per heavy atom. The van der Waals surface area contributed by atoms with Gasteiger partial charge in [0.05, 0.1) is 0 Å². The molecule has 2 aliphatic rings. The molecule has 2 saturated heterocycles. The third-order valence-electron chi connectivity index (χ3n) is 4.45. The Hall–Kier alpha value is -0.0800. The number of nitrogens with one attached hydrogen (secondary N) is 1. The number of likely N-dealkylation sites (tertiary alicyclic amines) is 1. The van der Waals surface area contributed by atoms with Gasteiger partial charge in [0.15, 0.2) is 0 Å². The molecule has 1 atom stereocenters. The normalized spacial score (nSPS) is 31.5. The van der Waals surface area contributed by atoms with Crippen LogP contribution in [-0.4, -0.2) is 37.6 Å². The van der Waals surface area contributed by atoms with Gasteiger partial charge in [0.1, 0.15) is 0 Å². The highest BCUT2D eigenvalue weighted by Gasteiger charge is 2.23. The van der Waals surface area contributed by atoms with Crippen LogP contribution in [0, 0.1) is 11.3 Å². The zero-order chi connectivity index (χ0) is 11.4. The molecule has 0 saturated carbocycles. The summed E-state index contributed by atoms with van der Waals surface area (Å²) in [5, 5.41) is 3.47. The molecule has 94 valence electrons. The highest BCUT2D eigenvalue weighted by Crippen LogP contribution is 2.30. The van der Waals surface area contributed by atoms with Crippen LogP contribution in [0.2, 0.25) is 0 Å². The van der Waals surface area contributed by atoms with Crippen LogP contribution < -0.4 is 5.32 Å². The first-order valence-corrected chi connectivity index (χ1v) is 7.09. The molecule has 0 aromatic heterocycles. The van der Waals surface area contributed by atoms with Gasteiger partial charge in [-0.2, -0.15) is 0 Å². The molecule has 2 aliphatic heterocycles. The van der Waals surface area contributed by atoms with Gasteiger partial charge in [-0.1, -0.05) is 13.8 Å². The van der Waals surface area contributed by atoms with Crippen LogP contribution in [0.1, 0.15) is 46.0 Å². The fourth-order valence-electron chi connectivity index (χ4n) is 3.03. The first kappa shape index (κ1) is 12.4. The van der Waals surface area contributed by atoms with Gasteiger partial charge in [-0.3, -0.25) is 0 Å². The summed E-state index contributed by atoms with van der Waals surface area (Å²) in [6.45, 7) is 11.4.